The first-order valence-corrected chi connectivity index (χ1v) is 6.05. The first kappa shape index (κ1) is 11.7. The monoisotopic (exact) mass is 252 g/mol. The molecule has 1 heterocycles. The smallest absolute Gasteiger partial charge is 0.161 e. The fourth-order valence-corrected chi connectivity index (χ4v) is 2.48. The second kappa shape index (κ2) is 4.05. The van der Waals surface area contributed by atoms with Crippen LogP contribution in [-0.2, 0) is 0 Å². The summed E-state index contributed by atoms with van der Waals surface area (Å²) < 4.78 is 5.71. The molecule has 2 aromatic carbocycles. The number of hydrogen-bond acceptors (Lipinski definition) is 3. The summed E-state index contributed by atoms with van der Waals surface area (Å²) in [6.45, 7) is 2.94. The highest BCUT2D eigenvalue weighted by atomic mass is 16.3. The molecule has 0 saturated heterocycles. The average molecular weight is 252 g/mol. The Morgan fingerprint density at radius 1 is 0.895 bits per heavy atom. The first-order valence-electron chi connectivity index (χ1n) is 6.05. The standard InChI is InChI=1S/C16H12O3/c1-9(17)11-7-8-14-16(15(11)10(2)18)12-5-3-4-6-13(12)19-14/h3-8H,1-2H3. The van der Waals surface area contributed by atoms with Crippen LogP contribution in [0.2, 0.25) is 0 Å². The molecule has 0 amide bonds. The predicted molar refractivity (Wildman–Crippen MR) is 73.7 cm³/mol. The second-order valence-electron chi connectivity index (χ2n) is 4.57. The lowest BCUT2D eigenvalue weighted by atomic mass is 9.96. The fraction of sp³-hybridized carbons (Fsp3) is 0.125. The quantitative estimate of drug-likeness (QED) is 0.648. The highest BCUT2D eigenvalue weighted by Crippen LogP contribution is 2.33. The van der Waals surface area contributed by atoms with E-state index in [1.165, 1.54) is 13.8 Å². The zero-order valence-corrected chi connectivity index (χ0v) is 10.7. The topological polar surface area (TPSA) is 47.3 Å². The van der Waals surface area contributed by atoms with E-state index in [-0.39, 0.29) is 11.6 Å². The van der Waals surface area contributed by atoms with Gasteiger partial charge in [-0.15, -0.1) is 0 Å². The maximum absolute atomic E-state index is 11.9. The summed E-state index contributed by atoms with van der Waals surface area (Å²) >= 11 is 0. The van der Waals surface area contributed by atoms with Gasteiger partial charge < -0.3 is 4.42 Å². The first-order chi connectivity index (χ1) is 9.09. The van der Waals surface area contributed by atoms with Crippen LogP contribution in [0.5, 0.6) is 0 Å². The Kier molecular flexibility index (Phi) is 2.49. The lowest BCUT2D eigenvalue weighted by Crippen LogP contribution is -2.04. The molecular formula is C16H12O3. The summed E-state index contributed by atoms with van der Waals surface area (Å²) in [4.78, 5) is 23.6. The molecule has 0 N–H and O–H groups in total. The van der Waals surface area contributed by atoms with Crippen molar-refractivity contribution in [3.63, 3.8) is 0 Å². The van der Waals surface area contributed by atoms with E-state index in [1.807, 2.05) is 24.3 Å². The Morgan fingerprint density at radius 2 is 1.63 bits per heavy atom. The number of rotatable bonds is 2. The summed E-state index contributed by atoms with van der Waals surface area (Å²) in [5.74, 6) is -0.236. The van der Waals surface area contributed by atoms with Crippen molar-refractivity contribution in [3.05, 3.63) is 47.5 Å². The van der Waals surface area contributed by atoms with E-state index in [0.717, 1.165) is 16.4 Å². The van der Waals surface area contributed by atoms with Crippen LogP contribution in [0.1, 0.15) is 34.6 Å². The molecule has 19 heavy (non-hydrogen) atoms. The van der Waals surface area contributed by atoms with E-state index < -0.39 is 0 Å². The van der Waals surface area contributed by atoms with E-state index in [4.69, 9.17) is 4.42 Å². The van der Waals surface area contributed by atoms with Gasteiger partial charge >= 0.3 is 0 Å². The number of Topliss-reactive ketones (excluding diaryl/α,β-unsaturated/α-hetero) is 2. The van der Waals surface area contributed by atoms with Crippen LogP contribution in [0.4, 0.5) is 0 Å². The molecule has 3 heteroatoms. The van der Waals surface area contributed by atoms with Crippen LogP contribution in [-0.4, -0.2) is 11.6 Å². The van der Waals surface area contributed by atoms with Gasteiger partial charge in [-0.05, 0) is 32.0 Å². The van der Waals surface area contributed by atoms with Gasteiger partial charge in [0.25, 0.3) is 0 Å². The number of carbonyl (C=O) groups is 2. The summed E-state index contributed by atoms with van der Waals surface area (Å²) in [5, 5.41) is 1.60. The highest BCUT2D eigenvalue weighted by molar-refractivity contribution is 6.21. The highest BCUT2D eigenvalue weighted by Gasteiger charge is 2.19. The Labute approximate surface area is 109 Å². The number of benzene rings is 2. The molecule has 3 rings (SSSR count). The average Bonchev–Trinajstić information content (AvgIpc) is 2.75. The van der Waals surface area contributed by atoms with Crippen molar-refractivity contribution < 1.29 is 14.0 Å². The van der Waals surface area contributed by atoms with Crippen molar-refractivity contribution in [3.8, 4) is 0 Å². The van der Waals surface area contributed by atoms with Gasteiger partial charge in [0.1, 0.15) is 11.2 Å². The van der Waals surface area contributed by atoms with Crippen molar-refractivity contribution >= 4 is 33.5 Å². The number of para-hydroxylation sites is 1. The van der Waals surface area contributed by atoms with E-state index >= 15 is 0 Å². The van der Waals surface area contributed by atoms with Gasteiger partial charge in [0.15, 0.2) is 11.6 Å². The fourth-order valence-electron chi connectivity index (χ4n) is 2.48. The maximum Gasteiger partial charge on any atom is 0.161 e. The van der Waals surface area contributed by atoms with Crippen LogP contribution in [0.15, 0.2) is 40.8 Å². The minimum atomic E-state index is -0.123. The molecule has 0 bridgehead atoms. The SMILES string of the molecule is CC(=O)c1ccc2oc3ccccc3c2c1C(C)=O. The van der Waals surface area contributed by atoms with Crippen LogP contribution < -0.4 is 0 Å². The summed E-state index contributed by atoms with van der Waals surface area (Å²) in [7, 11) is 0. The molecule has 0 unspecified atom stereocenters. The minimum absolute atomic E-state index is 0.114. The van der Waals surface area contributed by atoms with E-state index in [9.17, 15) is 9.59 Å². The Morgan fingerprint density at radius 3 is 2.32 bits per heavy atom. The molecule has 0 spiro atoms. The molecule has 0 fully saturated rings. The molecule has 0 atom stereocenters. The molecule has 3 aromatic rings. The van der Waals surface area contributed by atoms with Crippen molar-refractivity contribution in [2.75, 3.05) is 0 Å². The van der Waals surface area contributed by atoms with Crippen LogP contribution in [0.3, 0.4) is 0 Å². The van der Waals surface area contributed by atoms with E-state index in [0.29, 0.717) is 16.7 Å². The maximum atomic E-state index is 11.9. The van der Waals surface area contributed by atoms with Gasteiger partial charge in [0, 0.05) is 21.9 Å². The van der Waals surface area contributed by atoms with Gasteiger partial charge in [0.2, 0.25) is 0 Å². The minimum Gasteiger partial charge on any atom is -0.456 e. The van der Waals surface area contributed by atoms with Crippen molar-refractivity contribution in [1.82, 2.24) is 0 Å². The molecule has 0 radical (unpaired) electrons. The Hall–Kier alpha value is -2.42. The summed E-state index contributed by atoms with van der Waals surface area (Å²) in [6, 6.07) is 10.9. The molecule has 1 aromatic heterocycles. The molecule has 0 saturated carbocycles. The van der Waals surface area contributed by atoms with E-state index in [1.54, 1.807) is 12.1 Å². The number of furan rings is 1. The molecule has 0 aliphatic heterocycles. The van der Waals surface area contributed by atoms with Gasteiger partial charge in [-0.2, -0.15) is 0 Å². The van der Waals surface area contributed by atoms with Gasteiger partial charge in [-0.3, -0.25) is 9.59 Å². The number of fused-ring (bicyclic) bond motifs is 3. The zero-order chi connectivity index (χ0) is 13.6. The Balaban J connectivity index is 2.57. The number of hydrogen-bond donors (Lipinski definition) is 0. The molecule has 94 valence electrons. The molecule has 3 nitrogen and oxygen atoms in total. The molecule has 0 aliphatic carbocycles. The normalized spacial score (nSPS) is 11.1. The predicted octanol–water partition coefficient (Wildman–Crippen LogP) is 3.99. The Bertz CT molecular complexity index is 824. The largest absolute Gasteiger partial charge is 0.456 e. The van der Waals surface area contributed by atoms with Crippen molar-refractivity contribution in [2.24, 2.45) is 0 Å². The second-order valence-corrected chi connectivity index (χ2v) is 4.57. The third kappa shape index (κ3) is 1.66. The van der Waals surface area contributed by atoms with Gasteiger partial charge in [-0.1, -0.05) is 18.2 Å². The van der Waals surface area contributed by atoms with Gasteiger partial charge in [-0.25, -0.2) is 0 Å². The summed E-state index contributed by atoms with van der Waals surface area (Å²) in [6.07, 6.45) is 0. The van der Waals surface area contributed by atoms with Gasteiger partial charge in [0.05, 0.1) is 0 Å². The third-order valence-electron chi connectivity index (χ3n) is 3.27. The zero-order valence-electron chi connectivity index (χ0n) is 10.7. The molecule has 0 aliphatic rings. The van der Waals surface area contributed by atoms with Crippen LogP contribution in [0, 0.1) is 0 Å². The summed E-state index contributed by atoms with van der Waals surface area (Å²) in [5.41, 5.74) is 2.26. The lowest BCUT2D eigenvalue weighted by Gasteiger charge is -2.04. The number of ketones is 2. The van der Waals surface area contributed by atoms with E-state index in [2.05, 4.69) is 0 Å². The van der Waals surface area contributed by atoms with Crippen molar-refractivity contribution in [1.29, 1.82) is 0 Å². The van der Waals surface area contributed by atoms with Crippen LogP contribution in [0.25, 0.3) is 21.9 Å². The third-order valence-corrected chi connectivity index (χ3v) is 3.27. The molecular weight excluding hydrogens is 240 g/mol. The lowest BCUT2D eigenvalue weighted by molar-refractivity contribution is 0.0982. The number of carbonyl (C=O) groups excluding carboxylic acids is 2. The van der Waals surface area contributed by atoms with Crippen molar-refractivity contribution in [2.45, 2.75) is 13.8 Å². The van der Waals surface area contributed by atoms with Crippen LogP contribution >= 0.6 is 0 Å².